The lowest BCUT2D eigenvalue weighted by Gasteiger charge is -2.08. The SMILES string of the molecule is N#Cc1ccccc1Cn1cc(-c2ccnc(NCCCO)n2)n(-c2ccc(F)cc2)c1=O. The zero-order valence-corrected chi connectivity index (χ0v) is 17.6. The minimum absolute atomic E-state index is 0.0455. The van der Waals surface area contributed by atoms with Crippen molar-refractivity contribution >= 4 is 5.95 Å². The third-order valence-electron chi connectivity index (χ3n) is 5.06. The van der Waals surface area contributed by atoms with Crippen LogP contribution < -0.4 is 11.0 Å². The van der Waals surface area contributed by atoms with Crippen molar-refractivity contribution in [1.82, 2.24) is 19.1 Å². The summed E-state index contributed by atoms with van der Waals surface area (Å²) in [5, 5.41) is 21.4. The Kier molecular flexibility index (Phi) is 6.57. The van der Waals surface area contributed by atoms with Gasteiger partial charge >= 0.3 is 5.69 Å². The van der Waals surface area contributed by atoms with Gasteiger partial charge < -0.3 is 10.4 Å². The Labute approximate surface area is 189 Å². The first-order valence-corrected chi connectivity index (χ1v) is 10.3. The van der Waals surface area contributed by atoms with E-state index in [1.807, 2.05) is 6.07 Å². The van der Waals surface area contributed by atoms with E-state index in [0.29, 0.717) is 47.1 Å². The van der Waals surface area contributed by atoms with Crippen LogP contribution in [0.3, 0.4) is 0 Å². The van der Waals surface area contributed by atoms with E-state index in [9.17, 15) is 14.4 Å². The quantitative estimate of drug-likeness (QED) is 0.405. The first kappa shape index (κ1) is 21.9. The Morgan fingerprint density at radius 3 is 2.67 bits per heavy atom. The summed E-state index contributed by atoms with van der Waals surface area (Å²) in [4.78, 5) is 22.1. The second-order valence-corrected chi connectivity index (χ2v) is 7.28. The van der Waals surface area contributed by atoms with Gasteiger partial charge in [0.15, 0.2) is 0 Å². The van der Waals surface area contributed by atoms with E-state index in [1.165, 1.54) is 33.4 Å². The molecular weight excluding hydrogens is 423 g/mol. The zero-order chi connectivity index (χ0) is 23.2. The standard InChI is InChI=1S/C24H21FN6O2/c25-19-6-8-20(9-7-19)31-22(21-10-12-28-23(29-21)27-11-3-13-32)16-30(24(31)33)15-18-5-2-1-4-17(18)14-26/h1-2,4-10,12,16,32H,3,11,13,15H2,(H,27,28,29). The molecule has 2 aromatic heterocycles. The molecule has 2 N–H and O–H groups in total. The highest BCUT2D eigenvalue weighted by molar-refractivity contribution is 5.59. The van der Waals surface area contributed by atoms with Crippen LogP contribution in [0, 0.1) is 17.1 Å². The van der Waals surface area contributed by atoms with Gasteiger partial charge in [-0.3, -0.25) is 9.13 Å². The third kappa shape index (κ3) is 4.81. The lowest BCUT2D eigenvalue weighted by molar-refractivity contribution is 0.292. The van der Waals surface area contributed by atoms with Gasteiger partial charge in [0.05, 0.1) is 35.3 Å². The van der Waals surface area contributed by atoms with Gasteiger partial charge in [0.2, 0.25) is 5.95 Å². The zero-order valence-electron chi connectivity index (χ0n) is 17.6. The van der Waals surface area contributed by atoms with Crippen LogP contribution in [0.15, 0.2) is 71.8 Å². The van der Waals surface area contributed by atoms with E-state index in [0.717, 1.165) is 0 Å². The summed E-state index contributed by atoms with van der Waals surface area (Å²) in [5.41, 5.74) is 2.31. The van der Waals surface area contributed by atoms with Gasteiger partial charge in [-0.05, 0) is 48.4 Å². The average molecular weight is 444 g/mol. The van der Waals surface area contributed by atoms with E-state index in [2.05, 4.69) is 21.4 Å². The molecule has 0 saturated carbocycles. The number of hydrogen-bond acceptors (Lipinski definition) is 6. The molecule has 0 spiro atoms. The van der Waals surface area contributed by atoms with Crippen molar-refractivity contribution < 1.29 is 9.50 Å². The Bertz CT molecular complexity index is 1350. The Morgan fingerprint density at radius 2 is 1.91 bits per heavy atom. The minimum Gasteiger partial charge on any atom is -0.396 e. The van der Waals surface area contributed by atoms with E-state index in [4.69, 9.17) is 5.11 Å². The molecule has 2 heterocycles. The van der Waals surface area contributed by atoms with Crippen molar-refractivity contribution in [3.05, 3.63) is 94.4 Å². The number of nitrogens with zero attached hydrogens (tertiary/aromatic N) is 5. The van der Waals surface area contributed by atoms with Crippen LogP contribution in [0.5, 0.6) is 0 Å². The number of nitriles is 1. The van der Waals surface area contributed by atoms with Crippen molar-refractivity contribution in [3.8, 4) is 23.1 Å². The number of hydrogen-bond donors (Lipinski definition) is 2. The molecule has 0 fully saturated rings. The van der Waals surface area contributed by atoms with Crippen molar-refractivity contribution in [2.24, 2.45) is 0 Å². The molecule has 8 nitrogen and oxygen atoms in total. The van der Waals surface area contributed by atoms with Gasteiger partial charge in [0.1, 0.15) is 5.82 Å². The highest BCUT2D eigenvalue weighted by Gasteiger charge is 2.17. The summed E-state index contributed by atoms with van der Waals surface area (Å²) in [6.07, 6.45) is 3.79. The van der Waals surface area contributed by atoms with E-state index >= 15 is 0 Å². The number of rotatable bonds is 8. The van der Waals surface area contributed by atoms with Crippen LogP contribution in [0.4, 0.5) is 10.3 Å². The van der Waals surface area contributed by atoms with Crippen molar-refractivity contribution in [1.29, 1.82) is 5.26 Å². The Balaban J connectivity index is 1.81. The monoisotopic (exact) mass is 444 g/mol. The number of aliphatic hydroxyl groups is 1. The smallest absolute Gasteiger partial charge is 0.333 e. The molecule has 0 unspecified atom stereocenters. The predicted molar refractivity (Wildman–Crippen MR) is 121 cm³/mol. The summed E-state index contributed by atoms with van der Waals surface area (Å²) in [5.74, 6) is -0.0465. The van der Waals surface area contributed by atoms with Crippen LogP contribution in [-0.2, 0) is 6.54 Å². The minimum atomic E-state index is -0.409. The fraction of sp³-hybridized carbons (Fsp3) is 0.167. The largest absolute Gasteiger partial charge is 0.396 e. The van der Waals surface area contributed by atoms with Gasteiger partial charge in [-0.2, -0.15) is 5.26 Å². The van der Waals surface area contributed by atoms with E-state index in [1.54, 1.807) is 36.7 Å². The molecule has 9 heteroatoms. The van der Waals surface area contributed by atoms with Gasteiger partial charge in [-0.25, -0.2) is 19.2 Å². The van der Waals surface area contributed by atoms with Crippen molar-refractivity contribution in [2.75, 3.05) is 18.5 Å². The normalized spacial score (nSPS) is 10.7. The van der Waals surface area contributed by atoms with Crippen LogP contribution >= 0.6 is 0 Å². The van der Waals surface area contributed by atoms with Crippen LogP contribution in [0.2, 0.25) is 0 Å². The fourth-order valence-electron chi connectivity index (χ4n) is 3.44. The molecule has 2 aromatic carbocycles. The molecule has 0 radical (unpaired) electrons. The molecule has 0 bridgehead atoms. The maximum atomic E-state index is 13.5. The highest BCUT2D eigenvalue weighted by Crippen LogP contribution is 2.22. The molecule has 0 aliphatic carbocycles. The van der Waals surface area contributed by atoms with E-state index in [-0.39, 0.29) is 18.8 Å². The number of aromatic nitrogens is 4. The second kappa shape index (κ2) is 9.89. The van der Waals surface area contributed by atoms with Gasteiger partial charge in [-0.1, -0.05) is 18.2 Å². The second-order valence-electron chi connectivity index (χ2n) is 7.28. The van der Waals surface area contributed by atoms with Crippen molar-refractivity contribution in [3.63, 3.8) is 0 Å². The van der Waals surface area contributed by atoms with Gasteiger partial charge in [0.25, 0.3) is 0 Å². The summed E-state index contributed by atoms with van der Waals surface area (Å²) in [7, 11) is 0. The fourth-order valence-corrected chi connectivity index (χ4v) is 3.44. The average Bonchev–Trinajstić information content (AvgIpc) is 3.16. The number of anilines is 1. The highest BCUT2D eigenvalue weighted by atomic mass is 19.1. The molecule has 4 aromatic rings. The molecule has 4 rings (SSSR count). The number of benzene rings is 2. The van der Waals surface area contributed by atoms with Crippen LogP contribution in [0.1, 0.15) is 17.5 Å². The molecule has 0 amide bonds. The maximum Gasteiger partial charge on any atom is 0.333 e. The Morgan fingerprint density at radius 1 is 1.12 bits per heavy atom. The third-order valence-corrected chi connectivity index (χ3v) is 5.06. The topological polar surface area (TPSA) is 109 Å². The molecule has 0 atom stereocenters. The molecule has 0 aliphatic rings. The lowest BCUT2D eigenvalue weighted by Crippen LogP contribution is -2.24. The molecule has 0 aliphatic heterocycles. The Hall–Kier alpha value is -4.29. The summed E-state index contributed by atoms with van der Waals surface area (Å²) in [6, 6.07) is 16.5. The first-order chi connectivity index (χ1) is 16.1. The van der Waals surface area contributed by atoms with Crippen molar-refractivity contribution in [2.45, 2.75) is 13.0 Å². The maximum absolute atomic E-state index is 13.5. The first-order valence-electron chi connectivity index (χ1n) is 10.3. The number of nitrogens with one attached hydrogen (secondary N) is 1. The predicted octanol–water partition coefficient (Wildman–Crippen LogP) is 2.95. The number of imidazole rings is 1. The van der Waals surface area contributed by atoms with Gasteiger partial charge in [-0.15, -0.1) is 0 Å². The molecule has 33 heavy (non-hydrogen) atoms. The molecule has 0 saturated heterocycles. The van der Waals surface area contributed by atoms with Gasteiger partial charge in [0, 0.05) is 25.5 Å². The van der Waals surface area contributed by atoms with Crippen LogP contribution in [-0.4, -0.2) is 37.4 Å². The lowest BCUT2D eigenvalue weighted by atomic mass is 10.1. The van der Waals surface area contributed by atoms with Crippen LogP contribution in [0.25, 0.3) is 17.1 Å². The number of halogens is 1. The summed E-state index contributed by atoms with van der Waals surface area (Å²) in [6.45, 7) is 0.733. The van der Waals surface area contributed by atoms with E-state index < -0.39 is 5.82 Å². The number of aliphatic hydroxyl groups excluding tert-OH is 1. The molecule has 166 valence electrons. The summed E-state index contributed by atoms with van der Waals surface area (Å²) < 4.78 is 16.5. The molecular formula is C24H21FN6O2. The summed E-state index contributed by atoms with van der Waals surface area (Å²) >= 11 is 0.